The largest absolute Gasteiger partial charge is 0.393 e. The van der Waals surface area contributed by atoms with Crippen molar-refractivity contribution in [1.82, 2.24) is 4.90 Å². The number of aliphatic hydroxyl groups is 1. The van der Waals surface area contributed by atoms with Gasteiger partial charge in [-0.1, -0.05) is 6.08 Å². The summed E-state index contributed by atoms with van der Waals surface area (Å²) in [5.41, 5.74) is 1.12. The molecule has 1 N–H and O–H groups in total. The van der Waals surface area contributed by atoms with Crippen molar-refractivity contribution in [3.05, 3.63) is 11.8 Å². The van der Waals surface area contributed by atoms with E-state index in [1.54, 1.807) is 4.90 Å². The van der Waals surface area contributed by atoms with E-state index in [4.69, 9.17) is 0 Å². The molecule has 2 aliphatic rings. The van der Waals surface area contributed by atoms with Crippen LogP contribution in [0.1, 0.15) is 19.3 Å². The summed E-state index contributed by atoms with van der Waals surface area (Å²) >= 11 is 0. The Bertz CT molecular complexity index is 247. The van der Waals surface area contributed by atoms with E-state index in [9.17, 15) is 9.90 Å². The lowest BCUT2D eigenvalue weighted by Gasteiger charge is -2.23. The number of nitrogens with zero attached hydrogens (tertiary/aromatic N) is 1. The van der Waals surface area contributed by atoms with Gasteiger partial charge in [0.05, 0.1) is 6.10 Å². The predicted octanol–water partition coefficient (Wildman–Crippen LogP) is 0.503. The van der Waals surface area contributed by atoms with E-state index in [0.717, 1.165) is 12.1 Å². The SMILES string of the molecule is CN1C(=O)CC2CC(O)CC=C21. The minimum absolute atomic E-state index is 0.181. The van der Waals surface area contributed by atoms with Gasteiger partial charge in [0.15, 0.2) is 0 Å². The fourth-order valence-corrected chi connectivity index (χ4v) is 2.06. The highest BCUT2D eigenvalue weighted by Gasteiger charge is 2.35. The van der Waals surface area contributed by atoms with Gasteiger partial charge in [-0.15, -0.1) is 0 Å². The van der Waals surface area contributed by atoms with Gasteiger partial charge in [0.25, 0.3) is 0 Å². The number of carbonyl (C=O) groups is 1. The third-order valence-corrected chi connectivity index (χ3v) is 2.76. The van der Waals surface area contributed by atoms with E-state index in [1.165, 1.54) is 0 Å². The molecule has 2 rings (SSSR count). The average molecular weight is 167 g/mol. The maximum absolute atomic E-state index is 11.3. The molecule has 0 radical (unpaired) electrons. The Morgan fingerprint density at radius 3 is 3.17 bits per heavy atom. The van der Waals surface area contributed by atoms with E-state index >= 15 is 0 Å². The molecule has 2 atom stereocenters. The summed E-state index contributed by atoms with van der Waals surface area (Å²) in [6, 6.07) is 0. The Morgan fingerprint density at radius 2 is 2.42 bits per heavy atom. The molecular weight excluding hydrogens is 154 g/mol. The third-order valence-electron chi connectivity index (χ3n) is 2.76. The molecule has 0 aromatic heterocycles. The molecule has 1 amide bonds. The van der Waals surface area contributed by atoms with Gasteiger partial charge in [0.2, 0.25) is 5.91 Å². The van der Waals surface area contributed by atoms with E-state index in [2.05, 4.69) is 0 Å². The van der Waals surface area contributed by atoms with E-state index < -0.39 is 0 Å². The minimum atomic E-state index is -0.238. The smallest absolute Gasteiger partial charge is 0.227 e. The minimum Gasteiger partial charge on any atom is -0.393 e. The number of hydrogen-bond acceptors (Lipinski definition) is 2. The molecule has 0 spiro atoms. The van der Waals surface area contributed by atoms with Crippen LogP contribution in [0.2, 0.25) is 0 Å². The van der Waals surface area contributed by atoms with Gasteiger partial charge >= 0.3 is 0 Å². The quantitative estimate of drug-likeness (QED) is 0.571. The van der Waals surface area contributed by atoms with Crippen LogP contribution in [-0.2, 0) is 4.79 Å². The highest BCUT2D eigenvalue weighted by Crippen LogP contribution is 2.35. The zero-order valence-corrected chi connectivity index (χ0v) is 7.16. The normalized spacial score (nSPS) is 35.0. The molecule has 0 aromatic rings. The number of allylic oxidation sites excluding steroid dienone is 1. The fourth-order valence-electron chi connectivity index (χ4n) is 2.06. The average Bonchev–Trinajstić information content (AvgIpc) is 2.28. The van der Waals surface area contributed by atoms with Crippen LogP contribution in [0.3, 0.4) is 0 Å². The van der Waals surface area contributed by atoms with Gasteiger partial charge in [0.1, 0.15) is 0 Å². The molecule has 3 nitrogen and oxygen atoms in total. The molecule has 0 bridgehead atoms. The predicted molar refractivity (Wildman–Crippen MR) is 44.2 cm³/mol. The van der Waals surface area contributed by atoms with Gasteiger partial charge in [-0.05, 0) is 12.8 Å². The summed E-state index contributed by atoms with van der Waals surface area (Å²) in [6.07, 6.45) is 3.78. The van der Waals surface area contributed by atoms with E-state index in [-0.39, 0.29) is 17.9 Å². The van der Waals surface area contributed by atoms with Gasteiger partial charge in [0, 0.05) is 25.1 Å². The summed E-state index contributed by atoms with van der Waals surface area (Å²) in [6.45, 7) is 0. The van der Waals surface area contributed by atoms with E-state index in [1.807, 2.05) is 13.1 Å². The Balaban J connectivity index is 2.24. The van der Waals surface area contributed by atoms with Crippen molar-refractivity contribution in [3.8, 4) is 0 Å². The Labute approximate surface area is 71.7 Å². The second kappa shape index (κ2) is 2.59. The van der Waals surface area contributed by atoms with Crippen molar-refractivity contribution >= 4 is 5.91 Å². The van der Waals surface area contributed by atoms with Crippen LogP contribution in [0.4, 0.5) is 0 Å². The van der Waals surface area contributed by atoms with Gasteiger partial charge < -0.3 is 10.0 Å². The van der Waals surface area contributed by atoms with Crippen LogP contribution in [-0.4, -0.2) is 29.1 Å². The lowest BCUT2D eigenvalue weighted by atomic mass is 9.90. The lowest BCUT2D eigenvalue weighted by molar-refractivity contribution is -0.125. The second-order valence-electron chi connectivity index (χ2n) is 3.61. The van der Waals surface area contributed by atoms with Crippen molar-refractivity contribution in [2.24, 2.45) is 5.92 Å². The first kappa shape index (κ1) is 7.80. The van der Waals surface area contributed by atoms with E-state index in [0.29, 0.717) is 12.8 Å². The summed E-state index contributed by atoms with van der Waals surface area (Å²) in [5, 5.41) is 9.35. The van der Waals surface area contributed by atoms with Crippen molar-refractivity contribution in [3.63, 3.8) is 0 Å². The topological polar surface area (TPSA) is 40.5 Å². The number of hydrogen-bond donors (Lipinski definition) is 1. The highest BCUT2D eigenvalue weighted by molar-refractivity contribution is 5.81. The Kier molecular flexibility index (Phi) is 1.68. The second-order valence-corrected chi connectivity index (χ2v) is 3.61. The number of fused-ring (bicyclic) bond motifs is 1. The molecule has 1 aliphatic heterocycles. The standard InChI is InChI=1S/C9H13NO2/c1-10-8-3-2-7(11)4-6(8)5-9(10)12/h3,6-7,11H,2,4-5H2,1H3. The number of likely N-dealkylation sites (tertiary alicyclic amines) is 1. The Hall–Kier alpha value is -0.830. The molecule has 1 heterocycles. The first-order chi connectivity index (χ1) is 5.68. The molecule has 1 aliphatic carbocycles. The molecule has 0 aromatic carbocycles. The first-order valence-electron chi connectivity index (χ1n) is 4.33. The fraction of sp³-hybridized carbons (Fsp3) is 0.667. The summed E-state index contributed by atoms with van der Waals surface area (Å²) in [5.74, 6) is 0.464. The van der Waals surface area contributed by atoms with Crippen LogP contribution in [0.25, 0.3) is 0 Å². The molecule has 2 unspecified atom stereocenters. The molecule has 0 saturated carbocycles. The van der Waals surface area contributed by atoms with Crippen LogP contribution >= 0.6 is 0 Å². The van der Waals surface area contributed by atoms with Gasteiger partial charge in [-0.3, -0.25) is 4.79 Å². The first-order valence-corrected chi connectivity index (χ1v) is 4.33. The summed E-state index contributed by atoms with van der Waals surface area (Å²) < 4.78 is 0. The molecular formula is C9H13NO2. The molecule has 66 valence electrons. The van der Waals surface area contributed by atoms with Gasteiger partial charge in [-0.25, -0.2) is 0 Å². The lowest BCUT2D eigenvalue weighted by Crippen LogP contribution is -2.22. The summed E-state index contributed by atoms with van der Waals surface area (Å²) in [7, 11) is 1.81. The number of aliphatic hydroxyl groups excluding tert-OH is 1. The highest BCUT2D eigenvalue weighted by atomic mass is 16.3. The van der Waals surface area contributed by atoms with Gasteiger partial charge in [-0.2, -0.15) is 0 Å². The summed E-state index contributed by atoms with van der Waals surface area (Å²) in [4.78, 5) is 13.0. The van der Waals surface area contributed by atoms with Crippen molar-refractivity contribution < 1.29 is 9.90 Å². The van der Waals surface area contributed by atoms with Crippen LogP contribution in [0, 0.1) is 5.92 Å². The van der Waals surface area contributed by atoms with Crippen LogP contribution in [0.15, 0.2) is 11.8 Å². The zero-order valence-electron chi connectivity index (χ0n) is 7.16. The Morgan fingerprint density at radius 1 is 1.67 bits per heavy atom. The number of rotatable bonds is 0. The van der Waals surface area contributed by atoms with Crippen LogP contribution in [0.5, 0.6) is 0 Å². The van der Waals surface area contributed by atoms with Crippen molar-refractivity contribution in [2.45, 2.75) is 25.4 Å². The number of carbonyl (C=O) groups excluding carboxylic acids is 1. The van der Waals surface area contributed by atoms with Crippen molar-refractivity contribution in [2.75, 3.05) is 7.05 Å². The third kappa shape index (κ3) is 1.05. The molecule has 12 heavy (non-hydrogen) atoms. The zero-order chi connectivity index (χ0) is 8.72. The maximum Gasteiger partial charge on any atom is 0.227 e. The maximum atomic E-state index is 11.3. The molecule has 1 fully saturated rings. The van der Waals surface area contributed by atoms with Crippen molar-refractivity contribution in [1.29, 1.82) is 0 Å². The number of amides is 1. The monoisotopic (exact) mass is 167 g/mol. The molecule has 3 heteroatoms. The molecule has 1 saturated heterocycles. The van der Waals surface area contributed by atoms with Crippen LogP contribution < -0.4 is 0 Å².